The van der Waals surface area contributed by atoms with Crippen LogP contribution in [0.4, 0.5) is 0 Å². The molecule has 1 aromatic carbocycles. The first kappa shape index (κ1) is 27.3. The van der Waals surface area contributed by atoms with Crippen LogP contribution in [0.2, 0.25) is 0 Å². The average molecular weight is 468 g/mol. The van der Waals surface area contributed by atoms with Crippen molar-refractivity contribution in [2.45, 2.75) is 50.4 Å². The number of aliphatic hydroxyl groups excluding tert-OH is 1. The van der Waals surface area contributed by atoms with E-state index in [9.17, 15) is 34.2 Å². The highest BCUT2D eigenvalue weighted by atomic mass is 16.4. The molecule has 0 spiro atoms. The summed E-state index contributed by atoms with van der Waals surface area (Å²) in [5, 5.41) is 43.3. The number of aliphatic hydroxyl groups is 1. The van der Waals surface area contributed by atoms with Crippen LogP contribution >= 0.6 is 0 Å². The molecule has 13 nitrogen and oxygen atoms in total. The Balaban J connectivity index is 2.97. The normalized spacial score (nSPS) is 14.3. The number of carboxylic acid groups (broad SMARTS) is 2. The van der Waals surface area contributed by atoms with Crippen LogP contribution in [0.1, 0.15) is 25.3 Å². The molecule has 4 atom stereocenters. The van der Waals surface area contributed by atoms with Crippen molar-refractivity contribution in [1.29, 1.82) is 0 Å². The van der Waals surface area contributed by atoms with E-state index in [1.54, 1.807) is 0 Å². The topological polar surface area (TPSA) is 228 Å². The van der Waals surface area contributed by atoms with E-state index < -0.39 is 60.4 Å². The Bertz CT molecular complexity index is 860. The Kier molecular flexibility index (Phi) is 10.7. The molecular weight excluding hydrogens is 440 g/mol. The Morgan fingerprint density at radius 2 is 1.45 bits per heavy atom. The molecule has 3 amide bonds. The fourth-order valence-corrected chi connectivity index (χ4v) is 2.61. The second-order valence-corrected chi connectivity index (χ2v) is 7.28. The molecule has 0 saturated heterocycles. The van der Waals surface area contributed by atoms with Gasteiger partial charge < -0.3 is 42.1 Å². The molecule has 0 aromatic heterocycles. The van der Waals surface area contributed by atoms with E-state index in [4.69, 9.17) is 15.9 Å². The maximum absolute atomic E-state index is 12.8. The third-order valence-corrected chi connectivity index (χ3v) is 4.56. The van der Waals surface area contributed by atoms with Gasteiger partial charge >= 0.3 is 11.9 Å². The molecule has 13 heteroatoms. The van der Waals surface area contributed by atoms with Gasteiger partial charge in [-0.05, 0) is 31.0 Å². The fourth-order valence-electron chi connectivity index (χ4n) is 2.61. The number of benzene rings is 1. The van der Waals surface area contributed by atoms with Gasteiger partial charge in [0.2, 0.25) is 17.7 Å². The number of hydrogen-bond donors (Lipinski definition) is 8. The molecule has 0 radical (unpaired) electrons. The summed E-state index contributed by atoms with van der Waals surface area (Å²) in [6, 6.07) is 0.446. The Morgan fingerprint density at radius 3 is 1.97 bits per heavy atom. The molecule has 0 aliphatic rings. The molecule has 0 heterocycles. The predicted octanol–water partition coefficient (Wildman–Crippen LogP) is -2.32. The molecule has 1 aromatic rings. The molecule has 0 aliphatic carbocycles. The lowest BCUT2D eigenvalue weighted by molar-refractivity contribution is -0.142. The number of phenols is 1. The maximum atomic E-state index is 12.8. The quantitative estimate of drug-likeness (QED) is 0.154. The zero-order chi connectivity index (χ0) is 25.1. The molecule has 0 saturated carbocycles. The lowest BCUT2D eigenvalue weighted by Gasteiger charge is -2.24. The van der Waals surface area contributed by atoms with Gasteiger partial charge in [0.05, 0.1) is 12.6 Å². The Hall–Kier alpha value is -3.71. The summed E-state index contributed by atoms with van der Waals surface area (Å²) >= 11 is 0. The van der Waals surface area contributed by atoms with Crippen molar-refractivity contribution in [3.63, 3.8) is 0 Å². The van der Waals surface area contributed by atoms with E-state index in [2.05, 4.69) is 16.0 Å². The molecule has 182 valence electrons. The van der Waals surface area contributed by atoms with E-state index in [1.807, 2.05) is 0 Å². The van der Waals surface area contributed by atoms with Crippen LogP contribution in [0.3, 0.4) is 0 Å². The van der Waals surface area contributed by atoms with Crippen molar-refractivity contribution in [2.24, 2.45) is 5.73 Å². The van der Waals surface area contributed by atoms with Crippen molar-refractivity contribution in [1.82, 2.24) is 16.0 Å². The van der Waals surface area contributed by atoms with Crippen molar-refractivity contribution in [3.05, 3.63) is 29.8 Å². The first-order valence-corrected chi connectivity index (χ1v) is 9.94. The zero-order valence-corrected chi connectivity index (χ0v) is 17.9. The molecule has 0 bridgehead atoms. The van der Waals surface area contributed by atoms with Gasteiger partial charge in [-0.1, -0.05) is 12.1 Å². The maximum Gasteiger partial charge on any atom is 0.325 e. The van der Waals surface area contributed by atoms with Crippen LogP contribution in [-0.4, -0.2) is 80.9 Å². The van der Waals surface area contributed by atoms with E-state index in [1.165, 1.54) is 31.2 Å². The summed E-state index contributed by atoms with van der Waals surface area (Å²) in [5.41, 5.74) is 6.21. The standard InChI is InChI=1S/C20H28N4O9/c1-10(20(32)33)22-19(31)15(9-25)24-18(30)14(8-11-2-4-12(26)5-3-11)23-17(29)13(21)6-7-16(27)28/h2-5,10,13-15,25-26H,6-9,21H2,1H3,(H,22,31)(H,23,29)(H,24,30)(H,27,28)(H,32,33). The summed E-state index contributed by atoms with van der Waals surface area (Å²) in [4.78, 5) is 59.0. The van der Waals surface area contributed by atoms with E-state index in [0.29, 0.717) is 5.56 Å². The monoisotopic (exact) mass is 468 g/mol. The third-order valence-electron chi connectivity index (χ3n) is 4.56. The third kappa shape index (κ3) is 9.53. The number of carbonyl (C=O) groups is 5. The number of rotatable bonds is 13. The number of amides is 3. The van der Waals surface area contributed by atoms with Gasteiger partial charge in [-0.3, -0.25) is 24.0 Å². The molecule has 0 aliphatic heterocycles. The lowest BCUT2D eigenvalue weighted by atomic mass is 10.0. The van der Waals surface area contributed by atoms with Gasteiger partial charge in [0.25, 0.3) is 0 Å². The molecule has 0 fully saturated rings. The average Bonchev–Trinajstić information content (AvgIpc) is 2.76. The van der Waals surface area contributed by atoms with Crippen LogP contribution in [0.15, 0.2) is 24.3 Å². The largest absolute Gasteiger partial charge is 0.508 e. The minimum Gasteiger partial charge on any atom is -0.508 e. The summed E-state index contributed by atoms with van der Waals surface area (Å²) in [5.74, 6) is -5.13. The summed E-state index contributed by atoms with van der Waals surface area (Å²) in [6.07, 6.45) is -0.629. The highest BCUT2D eigenvalue weighted by Crippen LogP contribution is 2.12. The second-order valence-electron chi connectivity index (χ2n) is 7.28. The molecule has 33 heavy (non-hydrogen) atoms. The van der Waals surface area contributed by atoms with E-state index in [-0.39, 0.29) is 25.0 Å². The minimum atomic E-state index is -1.50. The number of nitrogens with one attached hydrogen (secondary N) is 3. The Labute approximate surface area is 189 Å². The van der Waals surface area contributed by atoms with Gasteiger partial charge in [-0.25, -0.2) is 0 Å². The van der Waals surface area contributed by atoms with Crippen LogP contribution < -0.4 is 21.7 Å². The molecular formula is C20H28N4O9. The van der Waals surface area contributed by atoms with Crippen LogP contribution in [-0.2, 0) is 30.4 Å². The summed E-state index contributed by atoms with van der Waals surface area (Å²) < 4.78 is 0. The summed E-state index contributed by atoms with van der Waals surface area (Å²) in [7, 11) is 0. The highest BCUT2D eigenvalue weighted by molar-refractivity contribution is 5.94. The number of nitrogens with two attached hydrogens (primary N) is 1. The van der Waals surface area contributed by atoms with Crippen LogP contribution in [0.5, 0.6) is 5.75 Å². The lowest BCUT2D eigenvalue weighted by Crippen LogP contribution is -2.58. The minimum absolute atomic E-state index is 0.0240. The Morgan fingerprint density at radius 1 is 0.909 bits per heavy atom. The number of phenolic OH excluding ortho intramolecular Hbond substituents is 1. The number of carboxylic acids is 2. The number of hydrogen-bond acceptors (Lipinski definition) is 8. The van der Waals surface area contributed by atoms with E-state index in [0.717, 1.165) is 0 Å². The number of aliphatic carboxylic acids is 2. The predicted molar refractivity (Wildman–Crippen MR) is 113 cm³/mol. The van der Waals surface area contributed by atoms with Crippen molar-refractivity contribution < 1.29 is 44.4 Å². The van der Waals surface area contributed by atoms with Crippen molar-refractivity contribution in [2.75, 3.05) is 6.61 Å². The second kappa shape index (κ2) is 13.0. The van der Waals surface area contributed by atoms with Gasteiger partial charge in [0, 0.05) is 12.8 Å². The molecule has 1 rings (SSSR count). The van der Waals surface area contributed by atoms with Gasteiger partial charge in [0.1, 0.15) is 23.9 Å². The first-order valence-electron chi connectivity index (χ1n) is 9.94. The SMILES string of the molecule is CC(NC(=O)C(CO)NC(=O)C(Cc1ccc(O)cc1)NC(=O)C(N)CCC(=O)O)C(=O)O. The highest BCUT2D eigenvalue weighted by Gasteiger charge is 2.29. The fraction of sp³-hybridized carbons (Fsp3) is 0.450. The van der Waals surface area contributed by atoms with Gasteiger partial charge in [0.15, 0.2) is 0 Å². The van der Waals surface area contributed by atoms with Crippen molar-refractivity contribution >= 4 is 29.7 Å². The summed E-state index contributed by atoms with van der Waals surface area (Å²) in [6.45, 7) is 0.352. The van der Waals surface area contributed by atoms with Gasteiger partial charge in [-0.2, -0.15) is 0 Å². The number of aromatic hydroxyl groups is 1. The molecule has 4 unspecified atom stereocenters. The zero-order valence-electron chi connectivity index (χ0n) is 17.9. The smallest absolute Gasteiger partial charge is 0.325 e. The van der Waals surface area contributed by atoms with Crippen LogP contribution in [0, 0.1) is 0 Å². The van der Waals surface area contributed by atoms with E-state index >= 15 is 0 Å². The number of carbonyl (C=O) groups excluding carboxylic acids is 3. The molecule has 9 N–H and O–H groups in total. The van der Waals surface area contributed by atoms with Crippen LogP contribution in [0.25, 0.3) is 0 Å². The van der Waals surface area contributed by atoms with Crippen molar-refractivity contribution in [3.8, 4) is 5.75 Å². The first-order chi connectivity index (χ1) is 15.4. The van der Waals surface area contributed by atoms with Gasteiger partial charge in [-0.15, -0.1) is 0 Å².